The van der Waals surface area contributed by atoms with Crippen molar-refractivity contribution in [1.29, 1.82) is 0 Å². The van der Waals surface area contributed by atoms with Gasteiger partial charge in [0, 0.05) is 0 Å². The van der Waals surface area contributed by atoms with Gasteiger partial charge in [-0.05, 0) is 5.92 Å². The lowest BCUT2D eigenvalue weighted by Gasteiger charge is -2.20. The van der Waals surface area contributed by atoms with E-state index in [1.165, 1.54) is 20.4 Å². The number of methoxy groups -OCH3 is 2. The topological polar surface area (TPSA) is 64.5 Å². The Bertz CT molecular complexity index is 354. The lowest BCUT2D eigenvalue weighted by molar-refractivity contribution is 0.0950. The first-order chi connectivity index (χ1) is 8.17. The van der Waals surface area contributed by atoms with E-state index in [4.69, 9.17) is 9.47 Å². The molecular weight excluding hydrogens is 220 g/mol. The Morgan fingerprint density at radius 2 is 1.88 bits per heavy atom. The fourth-order valence-corrected chi connectivity index (χ4v) is 1.78. The largest absolute Gasteiger partial charge is 0.480 e. The number of ether oxygens (including phenoxy) is 2. The lowest BCUT2D eigenvalue weighted by Crippen LogP contribution is -2.14. The van der Waals surface area contributed by atoms with Gasteiger partial charge < -0.3 is 14.6 Å². The van der Waals surface area contributed by atoms with E-state index in [1.54, 1.807) is 0 Å². The Hall–Kier alpha value is -1.36. The molecule has 1 unspecified atom stereocenters. The summed E-state index contributed by atoms with van der Waals surface area (Å²) >= 11 is 0. The standard InChI is InChI=1S/C12H20N2O3/c1-5-8(6-2)11(15)10-12(17-4)14-9(16-3)7-13-10/h7-8,11,15H,5-6H2,1-4H3. The van der Waals surface area contributed by atoms with Gasteiger partial charge in [-0.25, -0.2) is 4.98 Å². The molecule has 5 heteroatoms. The van der Waals surface area contributed by atoms with Gasteiger partial charge in [-0.3, -0.25) is 0 Å². The molecule has 0 aliphatic heterocycles. The summed E-state index contributed by atoms with van der Waals surface area (Å²) in [6, 6.07) is 0. The Kier molecular flexibility index (Phi) is 5.15. The zero-order valence-electron chi connectivity index (χ0n) is 10.8. The van der Waals surface area contributed by atoms with Gasteiger partial charge in [0.25, 0.3) is 0 Å². The molecule has 96 valence electrons. The van der Waals surface area contributed by atoms with Crippen LogP contribution in [0.4, 0.5) is 0 Å². The van der Waals surface area contributed by atoms with Gasteiger partial charge in [-0.15, -0.1) is 0 Å². The second-order valence-corrected chi connectivity index (χ2v) is 3.83. The van der Waals surface area contributed by atoms with Crippen molar-refractivity contribution in [3.8, 4) is 11.8 Å². The number of rotatable bonds is 6. The molecule has 0 radical (unpaired) electrons. The minimum Gasteiger partial charge on any atom is -0.480 e. The summed E-state index contributed by atoms with van der Waals surface area (Å²) in [4.78, 5) is 8.29. The molecule has 0 aliphatic carbocycles. The Morgan fingerprint density at radius 1 is 1.24 bits per heavy atom. The highest BCUT2D eigenvalue weighted by atomic mass is 16.5. The SMILES string of the molecule is CCC(CC)C(O)c1ncc(OC)nc1OC. The van der Waals surface area contributed by atoms with Crippen molar-refractivity contribution >= 4 is 0 Å². The van der Waals surface area contributed by atoms with Crippen LogP contribution in [0.3, 0.4) is 0 Å². The molecule has 0 spiro atoms. The zero-order chi connectivity index (χ0) is 12.8. The van der Waals surface area contributed by atoms with E-state index in [1.807, 2.05) is 13.8 Å². The van der Waals surface area contributed by atoms with Crippen LogP contribution in [-0.2, 0) is 0 Å². The van der Waals surface area contributed by atoms with Gasteiger partial charge in [0.2, 0.25) is 11.8 Å². The zero-order valence-corrected chi connectivity index (χ0v) is 10.8. The maximum atomic E-state index is 10.2. The summed E-state index contributed by atoms with van der Waals surface area (Å²) in [6.07, 6.45) is 2.60. The molecule has 0 amide bonds. The number of aromatic nitrogens is 2. The highest BCUT2D eigenvalue weighted by Crippen LogP contribution is 2.31. The van der Waals surface area contributed by atoms with Crippen LogP contribution in [-0.4, -0.2) is 29.3 Å². The fraction of sp³-hybridized carbons (Fsp3) is 0.667. The second kappa shape index (κ2) is 6.39. The van der Waals surface area contributed by atoms with Crippen LogP contribution in [0.2, 0.25) is 0 Å². The normalized spacial score (nSPS) is 12.6. The van der Waals surface area contributed by atoms with Crippen molar-refractivity contribution in [2.75, 3.05) is 14.2 Å². The molecule has 1 N–H and O–H groups in total. The molecule has 17 heavy (non-hydrogen) atoms. The first-order valence-electron chi connectivity index (χ1n) is 5.80. The third kappa shape index (κ3) is 3.06. The van der Waals surface area contributed by atoms with E-state index in [-0.39, 0.29) is 5.92 Å². The average molecular weight is 240 g/mol. The molecule has 0 saturated carbocycles. The van der Waals surface area contributed by atoms with Gasteiger partial charge in [0.15, 0.2) is 0 Å². The summed E-state index contributed by atoms with van der Waals surface area (Å²) in [5.74, 6) is 0.859. The Labute approximate surface area is 102 Å². The van der Waals surface area contributed by atoms with Gasteiger partial charge in [0.05, 0.1) is 20.4 Å². The molecule has 0 aromatic carbocycles. The molecule has 1 rings (SSSR count). The Balaban J connectivity index is 3.03. The van der Waals surface area contributed by atoms with Crippen LogP contribution < -0.4 is 9.47 Å². The summed E-state index contributed by atoms with van der Waals surface area (Å²) in [5, 5.41) is 10.2. The molecule has 0 fully saturated rings. The van der Waals surface area contributed by atoms with Crippen LogP contribution in [0.1, 0.15) is 38.5 Å². The monoisotopic (exact) mass is 240 g/mol. The van der Waals surface area contributed by atoms with E-state index in [2.05, 4.69) is 9.97 Å². The van der Waals surface area contributed by atoms with Crippen molar-refractivity contribution in [2.45, 2.75) is 32.8 Å². The smallest absolute Gasteiger partial charge is 0.241 e. The lowest BCUT2D eigenvalue weighted by atomic mass is 9.94. The molecule has 0 aliphatic rings. The molecular formula is C12H20N2O3. The predicted octanol–water partition coefficient (Wildman–Crippen LogP) is 1.96. The number of hydrogen-bond donors (Lipinski definition) is 1. The summed E-state index contributed by atoms with van der Waals surface area (Å²) < 4.78 is 10.1. The molecule has 1 heterocycles. The molecule has 1 aromatic heterocycles. The molecule has 0 saturated heterocycles. The van der Waals surface area contributed by atoms with Crippen LogP contribution in [0.5, 0.6) is 11.8 Å². The minimum absolute atomic E-state index is 0.159. The van der Waals surface area contributed by atoms with Crippen LogP contribution in [0.15, 0.2) is 6.20 Å². The maximum Gasteiger partial charge on any atom is 0.241 e. The van der Waals surface area contributed by atoms with Crippen molar-refractivity contribution in [2.24, 2.45) is 5.92 Å². The second-order valence-electron chi connectivity index (χ2n) is 3.83. The van der Waals surface area contributed by atoms with Crippen molar-refractivity contribution < 1.29 is 14.6 Å². The van der Waals surface area contributed by atoms with E-state index in [0.717, 1.165) is 12.8 Å². The number of nitrogens with zero attached hydrogens (tertiary/aromatic N) is 2. The first kappa shape index (κ1) is 13.7. The fourth-order valence-electron chi connectivity index (χ4n) is 1.78. The van der Waals surface area contributed by atoms with Crippen LogP contribution in [0, 0.1) is 5.92 Å². The maximum absolute atomic E-state index is 10.2. The van der Waals surface area contributed by atoms with Gasteiger partial charge >= 0.3 is 0 Å². The van der Waals surface area contributed by atoms with E-state index >= 15 is 0 Å². The van der Waals surface area contributed by atoms with Crippen LogP contribution in [0.25, 0.3) is 0 Å². The van der Waals surface area contributed by atoms with Gasteiger partial charge in [-0.2, -0.15) is 4.98 Å². The summed E-state index contributed by atoms with van der Waals surface area (Å²) in [5.41, 5.74) is 0.474. The number of aliphatic hydroxyl groups is 1. The predicted molar refractivity (Wildman–Crippen MR) is 64.2 cm³/mol. The number of aliphatic hydroxyl groups excluding tert-OH is 1. The molecule has 1 atom stereocenters. The van der Waals surface area contributed by atoms with Crippen molar-refractivity contribution in [3.63, 3.8) is 0 Å². The van der Waals surface area contributed by atoms with Gasteiger partial charge in [-0.1, -0.05) is 26.7 Å². The highest BCUT2D eigenvalue weighted by Gasteiger charge is 2.23. The van der Waals surface area contributed by atoms with E-state index in [0.29, 0.717) is 17.5 Å². The van der Waals surface area contributed by atoms with Crippen molar-refractivity contribution in [1.82, 2.24) is 9.97 Å². The van der Waals surface area contributed by atoms with Gasteiger partial charge in [0.1, 0.15) is 11.8 Å². The molecule has 0 bridgehead atoms. The summed E-state index contributed by atoms with van der Waals surface area (Å²) in [7, 11) is 3.02. The summed E-state index contributed by atoms with van der Waals surface area (Å²) in [6.45, 7) is 4.08. The highest BCUT2D eigenvalue weighted by molar-refractivity contribution is 5.25. The third-order valence-electron chi connectivity index (χ3n) is 2.92. The quantitative estimate of drug-likeness (QED) is 0.823. The Morgan fingerprint density at radius 3 is 2.35 bits per heavy atom. The van der Waals surface area contributed by atoms with E-state index in [9.17, 15) is 5.11 Å². The average Bonchev–Trinajstić information content (AvgIpc) is 2.39. The number of hydrogen-bond acceptors (Lipinski definition) is 5. The minimum atomic E-state index is -0.654. The third-order valence-corrected chi connectivity index (χ3v) is 2.92. The molecule has 1 aromatic rings. The van der Waals surface area contributed by atoms with Crippen molar-refractivity contribution in [3.05, 3.63) is 11.9 Å². The first-order valence-corrected chi connectivity index (χ1v) is 5.80. The van der Waals surface area contributed by atoms with Crippen LogP contribution >= 0.6 is 0 Å². The van der Waals surface area contributed by atoms with E-state index < -0.39 is 6.10 Å². The molecule has 5 nitrogen and oxygen atoms in total.